The van der Waals surface area contributed by atoms with Crippen LogP contribution in [0.1, 0.15) is 29.3 Å². The van der Waals surface area contributed by atoms with Crippen LogP contribution in [0.25, 0.3) is 0 Å². The number of nitrogens with one attached hydrogen (secondary N) is 1. The second-order valence-corrected chi connectivity index (χ2v) is 5.18. The molecule has 2 aromatic carbocycles. The molecule has 0 aliphatic rings. The Morgan fingerprint density at radius 3 is 2.55 bits per heavy atom. The van der Waals surface area contributed by atoms with Crippen LogP contribution in [-0.2, 0) is 11.2 Å². The number of carbonyl (C=O) groups excluding carboxylic acids is 2. The first-order chi connectivity index (χ1) is 10.5. The average Bonchev–Trinajstić information content (AvgIpc) is 2.49. The van der Waals surface area contributed by atoms with Crippen LogP contribution < -0.4 is 5.32 Å². The van der Waals surface area contributed by atoms with E-state index in [9.17, 15) is 14.0 Å². The molecule has 1 amide bonds. The molecule has 0 heterocycles. The van der Waals surface area contributed by atoms with E-state index < -0.39 is 11.7 Å². The third-order valence-corrected chi connectivity index (χ3v) is 3.55. The summed E-state index contributed by atoms with van der Waals surface area (Å²) in [5.41, 5.74) is 0.808. The van der Waals surface area contributed by atoms with Crippen molar-refractivity contribution in [2.45, 2.75) is 19.8 Å². The number of anilines is 1. The fourth-order valence-corrected chi connectivity index (χ4v) is 2.34. The van der Waals surface area contributed by atoms with E-state index in [-0.39, 0.29) is 28.5 Å². The van der Waals surface area contributed by atoms with Gasteiger partial charge in [0.25, 0.3) is 5.91 Å². The highest BCUT2D eigenvalue weighted by molar-refractivity contribution is 6.34. The topological polar surface area (TPSA) is 46.2 Å². The zero-order valence-corrected chi connectivity index (χ0v) is 12.8. The van der Waals surface area contributed by atoms with Gasteiger partial charge in [-0.2, -0.15) is 0 Å². The summed E-state index contributed by atoms with van der Waals surface area (Å²) in [7, 11) is 0. The molecule has 2 aromatic rings. The van der Waals surface area contributed by atoms with Crippen LogP contribution in [0.2, 0.25) is 5.02 Å². The van der Waals surface area contributed by atoms with Crippen LogP contribution in [0.3, 0.4) is 0 Å². The van der Waals surface area contributed by atoms with Crippen molar-refractivity contribution in [1.82, 2.24) is 0 Å². The Kier molecular flexibility index (Phi) is 5.28. The summed E-state index contributed by atoms with van der Waals surface area (Å²) in [5, 5.41) is 2.72. The number of carbonyl (C=O) groups is 2. The van der Waals surface area contributed by atoms with Crippen LogP contribution in [0.4, 0.5) is 10.1 Å². The summed E-state index contributed by atoms with van der Waals surface area (Å²) in [4.78, 5) is 24.0. The fraction of sp³-hybridized carbons (Fsp3) is 0.176. The minimum atomic E-state index is -0.533. The first-order valence-electron chi connectivity index (χ1n) is 6.88. The summed E-state index contributed by atoms with van der Waals surface area (Å²) in [6, 6.07) is 10.8. The fourth-order valence-electron chi connectivity index (χ4n) is 2.06. The van der Waals surface area contributed by atoms with E-state index in [4.69, 9.17) is 11.6 Å². The van der Waals surface area contributed by atoms with Crippen molar-refractivity contribution in [3.8, 4) is 0 Å². The number of hydrogen-bond acceptors (Lipinski definition) is 2. The Labute approximate surface area is 133 Å². The summed E-state index contributed by atoms with van der Waals surface area (Å²) in [5.74, 6) is -1.06. The van der Waals surface area contributed by atoms with Gasteiger partial charge in [-0.05, 0) is 23.8 Å². The molecule has 2 rings (SSSR count). The molecule has 0 bridgehead atoms. The Balaban J connectivity index is 2.33. The molecule has 0 unspecified atom stereocenters. The van der Waals surface area contributed by atoms with Gasteiger partial charge >= 0.3 is 0 Å². The van der Waals surface area contributed by atoms with E-state index in [2.05, 4.69) is 5.32 Å². The molecule has 114 valence electrons. The van der Waals surface area contributed by atoms with E-state index in [0.717, 1.165) is 0 Å². The van der Waals surface area contributed by atoms with Gasteiger partial charge in [0, 0.05) is 12.8 Å². The van der Waals surface area contributed by atoms with Crippen molar-refractivity contribution in [3.05, 3.63) is 64.4 Å². The van der Waals surface area contributed by atoms with Crippen molar-refractivity contribution in [3.63, 3.8) is 0 Å². The molecule has 0 spiro atoms. The maximum Gasteiger partial charge on any atom is 0.257 e. The van der Waals surface area contributed by atoms with Gasteiger partial charge in [0.1, 0.15) is 11.6 Å². The van der Waals surface area contributed by atoms with Gasteiger partial charge in [-0.1, -0.05) is 42.8 Å². The number of hydrogen-bond donors (Lipinski definition) is 1. The quantitative estimate of drug-likeness (QED) is 0.895. The highest BCUT2D eigenvalue weighted by Crippen LogP contribution is 2.23. The Bertz CT molecular complexity index is 716. The third-order valence-electron chi connectivity index (χ3n) is 3.23. The van der Waals surface area contributed by atoms with E-state index in [0.29, 0.717) is 12.0 Å². The maximum atomic E-state index is 13.6. The van der Waals surface area contributed by atoms with E-state index >= 15 is 0 Å². The molecule has 0 atom stereocenters. The number of ketones is 1. The van der Waals surface area contributed by atoms with Crippen molar-refractivity contribution >= 4 is 29.0 Å². The van der Waals surface area contributed by atoms with Crippen LogP contribution in [0, 0.1) is 5.82 Å². The number of para-hydroxylation sites is 1. The highest BCUT2D eigenvalue weighted by Gasteiger charge is 2.18. The van der Waals surface area contributed by atoms with Crippen molar-refractivity contribution in [2.75, 3.05) is 5.32 Å². The zero-order valence-electron chi connectivity index (χ0n) is 12.0. The van der Waals surface area contributed by atoms with E-state index in [1.807, 2.05) is 0 Å². The lowest BCUT2D eigenvalue weighted by Crippen LogP contribution is -2.17. The molecule has 0 aliphatic heterocycles. The Morgan fingerprint density at radius 2 is 1.86 bits per heavy atom. The first kappa shape index (κ1) is 16.2. The molecule has 22 heavy (non-hydrogen) atoms. The average molecular weight is 320 g/mol. The number of benzene rings is 2. The van der Waals surface area contributed by atoms with Gasteiger partial charge in [-0.15, -0.1) is 0 Å². The number of amides is 1. The number of halogens is 2. The third kappa shape index (κ3) is 3.71. The SMILES string of the molecule is CCC(=O)Cc1cccc(Cl)c1C(=O)Nc1ccccc1F. The second kappa shape index (κ2) is 7.18. The lowest BCUT2D eigenvalue weighted by molar-refractivity contribution is -0.118. The molecule has 5 heteroatoms. The smallest absolute Gasteiger partial charge is 0.257 e. The van der Waals surface area contributed by atoms with Crippen molar-refractivity contribution < 1.29 is 14.0 Å². The largest absolute Gasteiger partial charge is 0.319 e. The van der Waals surface area contributed by atoms with Gasteiger partial charge < -0.3 is 5.32 Å². The molecule has 0 aromatic heterocycles. The number of Topliss-reactive ketones (excluding diaryl/α,β-unsaturated/α-hetero) is 1. The highest BCUT2D eigenvalue weighted by atomic mass is 35.5. The second-order valence-electron chi connectivity index (χ2n) is 4.78. The minimum Gasteiger partial charge on any atom is -0.319 e. The first-order valence-corrected chi connectivity index (χ1v) is 7.25. The molecule has 0 aliphatic carbocycles. The standard InChI is InChI=1S/C17H15ClFNO2/c1-2-12(21)10-11-6-5-7-13(18)16(11)17(22)20-15-9-4-3-8-14(15)19/h3-9H,2,10H2,1H3,(H,20,22). The summed E-state index contributed by atoms with van der Waals surface area (Å²) in [6.07, 6.45) is 0.498. The lowest BCUT2D eigenvalue weighted by Gasteiger charge is -2.12. The van der Waals surface area contributed by atoms with Crippen LogP contribution >= 0.6 is 11.6 Å². The van der Waals surface area contributed by atoms with Gasteiger partial charge in [0.15, 0.2) is 0 Å². The van der Waals surface area contributed by atoms with Gasteiger partial charge in [0.05, 0.1) is 16.3 Å². The predicted molar refractivity (Wildman–Crippen MR) is 84.8 cm³/mol. The lowest BCUT2D eigenvalue weighted by atomic mass is 10.0. The monoisotopic (exact) mass is 319 g/mol. The molecule has 3 nitrogen and oxygen atoms in total. The summed E-state index contributed by atoms with van der Waals surface area (Å²) in [6.45, 7) is 1.76. The van der Waals surface area contributed by atoms with E-state index in [1.54, 1.807) is 31.2 Å². The van der Waals surface area contributed by atoms with Crippen molar-refractivity contribution in [2.24, 2.45) is 0 Å². The molecule has 0 radical (unpaired) electrons. The maximum absolute atomic E-state index is 13.6. The van der Waals surface area contributed by atoms with E-state index in [1.165, 1.54) is 18.2 Å². The van der Waals surface area contributed by atoms with Crippen LogP contribution in [0.5, 0.6) is 0 Å². The predicted octanol–water partition coefficient (Wildman–Crippen LogP) is 4.25. The van der Waals surface area contributed by atoms with Crippen molar-refractivity contribution in [1.29, 1.82) is 0 Å². The van der Waals surface area contributed by atoms with Gasteiger partial charge in [0.2, 0.25) is 0 Å². The number of rotatable bonds is 5. The minimum absolute atomic E-state index is 0.00204. The summed E-state index contributed by atoms with van der Waals surface area (Å²) >= 11 is 6.09. The summed E-state index contributed by atoms with van der Waals surface area (Å²) < 4.78 is 13.6. The Morgan fingerprint density at radius 1 is 1.14 bits per heavy atom. The molecular weight excluding hydrogens is 305 g/mol. The normalized spacial score (nSPS) is 10.3. The van der Waals surface area contributed by atoms with Crippen LogP contribution in [0.15, 0.2) is 42.5 Å². The molecular formula is C17H15ClFNO2. The zero-order chi connectivity index (χ0) is 16.1. The molecule has 0 saturated heterocycles. The molecule has 0 saturated carbocycles. The van der Waals surface area contributed by atoms with Gasteiger partial charge in [-0.3, -0.25) is 9.59 Å². The van der Waals surface area contributed by atoms with Crippen LogP contribution in [-0.4, -0.2) is 11.7 Å². The molecule has 1 N–H and O–H groups in total. The Hall–Kier alpha value is -2.20. The molecule has 0 fully saturated rings. The van der Waals surface area contributed by atoms with Gasteiger partial charge in [-0.25, -0.2) is 4.39 Å².